The zero-order valence-electron chi connectivity index (χ0n) is 14.6. The van der Waals surface area contributed by atoms with Gasteiger partial charge in [0, 0.05) is 38.2 Å². The summed E-state index contributed by atoms with van der Waals surface area (Å²) in [5.74, 6) is -0.0689. The fraction of sp³-hybridized carbons (Fsp3) is 0.350. The monoisotopic (exact) mass is 375 g/mol. The molecule has 2 aromatic rings. The Morgan fingerprint density at radius 1 is 0.963 bits per heavy atom. The zero-order chi connectivity index (χ0) is 19.1. The van der Waals surface area contributed by atoms with Crippen molar-refractivity contribution in [2.75, 3.05) is 18.4 Å². The zero-order valence-corrected chi connectivity index (χ0v) is 14.6. The van der Waals surface area contributed by atoms with Gasteiger partial charge in [0.15, 0.2) is 0 Å². The summed E-state index contributed by atoms with van der Waals surface area (Å²) in [7, 11) is 0. The molecule has 0 aliphatic carbocycles. The summed E-state index contributed by atoms with van der Waals surface area (Å²) in [5, 5.41) is 6.56. The van der Waals surface area contributed by atoms with Crippen LogP contribution in [0.2, 0.25) is 0 Å². The molecule has 1 fully saturated rings. The van der Waals surface area contributed by atoms with Crippen LogP contribution in [0.5, 0.6) is 0 Å². The van der Waals surface area contributed by atoms with Crippen LogP contribution in [0.25, 0.3) is 0 Å². The Kier molecular flexibility index (Phi) is 4.34. The second-order valence-corrected chi connectivity index (χ2v) is 7.18. The van der Waals surface area contributed by atoms with E-state index in [9.17, 15) is 18.0 Å². The van der Waals surface area contributed by atoms with Gasteiger partial charge in [-0.15, -0.1) is 0 Å². The highest BCUT2D eigenvalue weighted by Gasteiger charge is 2.40. The highest BCUT2D eigenvalue weighted by Crippen LogP contribution is 2.32. The van der Waals surface area contributed by atoms with Gasteiger partial charge in [-0.2, -0.15) is 13.2 Å². The molecular weight excluding hydrogens is 355 g/mol. The van der Waals surface area contributed by atoms with Gasteiger partial charge in [0.1, 0.15) is 5.66 Å². The number of carbonyl (C=O) groups is 1. The van der Waals surface area contributed by atoms with Gasteiger partial charge in [-0.25, -0.2) is 0 Å². The van der Waals surface area contributed by atoms with E-state index in [2.05, 4.69) is 15.5 Å². The molecule has 2 aliphatic heterocycles. The number of anilines is 1. The molecule has 27 heavy (non-hydrogen) atoms. The summed E-state index contributed by atoms with van der Waals surface area (Å²) in [6.45, 7) is 2.09. The van der Waals surface area contributed by atoms with Crippen LogP contribution in [0.3, 0.4) is 0 Å². The molecule has 0 radical (unpaired) electrons. The molecule has 2 heterocycles. The second-order valence-electron chi connectivity index (χ2n) is 7.18. The number of benzene rings is 2. The molecule has 0 atom stereocenters. The third-order valence-corrected chi connectivity index (χ3v) is 5.30. The van der Waals surface area contributed by atoms with E-state index in [-0.39, 0.29) is 5.91 Å². The Morgan fingerprint density at radius 3 is 2.30 bits per heavy atom. The Hall–Kier alpha value is -2.54. The number of halogens is 3. The number of nitrogens with one attached hydrogen (secondary N) is 2. The second kappa shape index (κ2) is 6.56. The minimum absolute atomic E-state index is 0.0689. The standard InChI is InChI=1S/C20H20F3N3O/c21-20(22,23)15-7-5-14(6-8-15)13-26-11-9-19(10-12-26)24-17-4-2-1-3-16(17)18(27)25-19/h1-8,24H,9-13H2,(H,25,27). The van der Waals surface area contributed by atoms with Crippen LogP contribution in [-0.2, 0) is 12.7 Å². The van der Waals surface area contributed by atoms with Crippen LogP contribution in [0.1, 0.15) is 34.3 Å². The normalized spacial score (nSPS) is 19.3. The van der Waals surface area contributed by atoms with Crippen molar-refractivity contribution in [2.24, 2.45) is 0 Å². The topological polar surface area (TPSA) is 44.4 Å². The molecule has 1 spiro atoms. The van der Waals surface area contributed by atoms with Crippen molar-refractivity contribution >= 4 is 11.6 Å². The van der Waals surface area contributed by atoms with Crippen molar-refractivity contribution in [1.29, 1.82) is 0 Å². The Balaban J connectivity index is 1.39. The van der Waals surface area contributed by atoms with E-state index in [0.717, 1.165) is 49.3 Å². The highest BCUT2D eigenvalue weighted by molar-refractivity contribution is 6.02. The van der Waals surface area contributed by atoms with Crippen molar-refractivity contribution in [2.45, 2.75) is 31.2 Å². The molecule has 142 valence electrons. The lowest BCUT2D eigenvalue weighted by Crippen LogP contribution is -2.62. The number of hydrogen-bond donors (Lipinski definition) is 2. The van der Waals surface area contributed by atoms with E-state index >= 15 is 0 Å². The quantitative estimate of drug-likeness (QED) is 0.838. The summed E-state index contributed by atoms with van der Waals surface area (Å²) in [6.07, 6.45) is -2.85. The summed E-state index contributed by atoms with van der Waals surface area (Å²) in [6, 6.07) is 12.8. The van der Waals surface area contributed by atoms with Crippen molar-refractivity contribution in [3.05, 3.63) is 65.2 Å². The van der Waals surface area contributed by atoms with Crippen molar-refractivity contribution in [3.8, 4) is 0 Å². The van der Waals surface area contributed by atoms with E-state index in [4.69, 9.17) is 0 Å². The smallest absolute Gasteiger partial charge is 0.362 e. The number of piperidine rings is 1. The molecule has 1 amide bonds. The van der Waals surface area contributed by atoms with Crippen LogP contribution in [0.15, 0.2) is 48.5 Å². The number of amides is 1. The molecular formula is C20H20F3N3O. The molecule has 2 aliphatic rings. The van der Waals surface area contributed by atoms with Gasteiger partial charge in [-0.05, 0) is 29.8 Å². The average Bonchev–Trinajstić information content (AvgIpc) is 2.64. The third kappa shape index (κ3) is 3.64. The number of carbonyl (C=O) groups excluding carboxylic acids is 1. The Labute approximate surface area is 155 Å². The van der Waals surface area contributed by atoms with E-state index in [0.29, 0.717) is 12.1 Å². The van der Waals surface area contributed by atoms with Crippen molar-refractivity contribution in [1.82, 2.24) is 10.2 Å². The summed E-state index contributed by atoms with van der Waals surface area (Å²) < 4.78 is 38.0. The lowest BCUT2D eigenvalue weighted by molar-refractivity contribution is -0.137. The first-order valence-corrected chi connectivity index (χ1v) is 8.93. The summed E-state index contributed by atoms with van der Waals surface area (Å²) in [4.78, 5) is 14.6. The lowest BCUT2D eigenvalue weighted by atomic mass is 9.92. The van der Waals surface area contributed by atoms with Gasteiger partial charge < -0.3 is 10.6 Å². The molecule has 2 aromatic carbocycles. The van der Waals surface area contributed by atoms with Crippen LogP contribution in [0.4, 0.5) is 18.9 Å². The van der Waals surface area contributed by atoms with Crippen LogP contribution >= 0.6 is 0 Å². The van der Waals surface area contributed by atoms with Crippen LogP contribution in [0, 0.1) is 0 Å². The molecule has 0 unspecified atom stereocenters. The van der Waals surface area contributed by atoms with Crippen molar-refractivity contribution < 1.29 is 18.0 Å². The van der Waals surface area contributed by atoms with Gasteiger partial charge in [0.25, 0.3) is 5.91 Å². The first kappa shape index (κ1) is 17.9. The summed E-state index contributed by atoms with van der Waals surface area (Å²) in [5.41, 5.74) is 1.26. The first-order chi connectivity index (χ1) is 12.8. The molecule has 7 heteroatoms. The van der Waals surface area contributed by atoms with Crippen LogP contribution in [-0.4, -0.2) is 29.6 Å². The maximum absolute atomic E-state index is 12.7. The molecule has 4 nitrogen and oxygen atoms in total. The van der Waals surface area contributed by atoms with Crippen molar-refractivity contribution in [3.63, 3.8) is 0 Å². The number of likely N-dealkylation sites (tertiary alicyclic amines) is 1. The van der Waals surface area contributed by atoms with Gasteiger partial charge in [-0.3, -0.25) is 9.69 Å². The highest BCUT2D eigenvalue weighted by atomic mass is 19.4. The number of hydrogen-bond acceptors (Lipinski definition) is 3. The molecule has 0 aromatic heterocycles. The number of para-hydroxylation sites is 1. The van der Waals surface area contributed by atoms with Gasteiger partial charge in [-0.1, -0.05) is 24.3 Å². The maximum Gasteiger partial charge on any atom is 0.416 e. The Morgan fingerprint density at radius 2 is 1.63 bits per heavy atom. The average molecular weight is 375 g/mol. The van der Waals surface area contributed by atoms with E-state index in [1.54, 1.807) is 6.07 Å². The summed E-state index contributed by atoms with van der Waals surface area (Å²) >= 11 is 0. The van der Waals surface area contributed by atoms with E-state index in [1.807, 2.05) is 18.2 Å². The molecule has 0 saturated carbocycles. The van der Waals surface area contributed by atoms with Gasteiger partial charge in [0.05, 0.1) is 11.1 Å². The number of rotatable bonds is 2. The Bertz CT molecular complexity index is 840. The molecule has 1 saturated heterocycles. The fourth-order valence-electron chi connectivity index (χ4n) is 3.76. The predicted molar refractivity (Wildman–Crippen MR) is 96.2 cm³/mol. The minimum atomic E-state index is -4.31. The lowest BCUT2D eigenvalue weighted by Gasteiger charge is -2.46. The SMILES string of the molecule is O=C1NC2(CCN(Cc3ccc(C(F)(F)F)cc3)CC2)Nc2ccccc21. The largest absolute Gasteiger partial charge is 0.416 e. The molecule has 2 N–H and O–H groups in total. The number of nitrogens with zero attached hydrogens (tertiary/aromatic N) is 1. The molecule has 0 bridgehead atoms. The van der Waals surface area contributed by atoms with E-state index in [1.165, 1.54) is 12.1 Å². The maximum atomic E-state index is 12.7. The van der Waals surface area contributed by atoms with Gasteiger partial charge >= 0.3 is 6.18 Å². The number of fused-ring (bicyclic) bond motifs is 1. The third-order valence-electron chi connectivity index (χ3n) is 5.30. The fourth-order valence-corrected chi connectivity index (χ4v) is 3.76. The minimum Gasteiger partial charge on any atom is -0.362 e. The molecule has 4 rings (SSSR count). The first-order valence-electron chi connectivity index (χ1n) is 8.93. The van der Waals surface area contributed by atoms with E-state index < -0.39 is 17.4 Å². The van der Waals surface area contributed by atoms with Crippen LogP contribution < -0.4 is 10.6 Å². The van der Waals surface area contributed by atoms with Gasteiger partial charge in [0.2, 0.25) is 0 Å². The number of alkyl halides is 3. The predicted octanol–water partition coefficient (Wildman–Crippen LogP) is 3.85.